The Morgan fingerprint density at radius 2 is 1.24 bits per heavy atom. The van der Waals surface area contributed by atoms with Gasteiger partial charge < -0.3 is 9.47 Å². The SMILES string of the molecule is CCCCCCCCCCCOC(=O)CCCCC(=O)OCC(C)Cl. The van der Waals surface area contributed by atoms with Crippen LogP contribution in [0.3, 0.4) is 0 Å². The van der Waals surface area contributed by atoms with Crippen molar-refractivity contribution in [3.63, 3.8) is 0 Å². The zero-order valence-corrected chi connectivity index (χ0v) is 17.0. The highest BCUT2D eigenvalue weighted by Gasteiger charge is 2.07. The Morgan fingerprint density at radius 1 is 0.760 bits per heavy atom. The minimum absolute atomic E-state index is 0.165. The third-order valence-electron chi connectivity index (χ3n) is 4.00. The molecule has 0 saturated heterocycles. The predicted molar refractivity (Wildman–Crippen MR) is 103 cm³/mol. The maximum atomic E-state index is 11.6. The van der Waals surface area contributed by atoms with Gasteiger partial charge >= 0.3 is 11.9 Å². The van der Waals surface area contributed by atoms with Crippen LogP contribution in [0.25, 0.3) is 0 Å². The number of carbonyl (C=O) groups excluding carboxylic acids is 2. The molecule has 1 unspecified atom stereocenters. The summed E-state index contributed by atoms with van der Waals surface area (Å²) in [6.45, 7) is 4.77. The number of unbranched alkanes of at least 4 members (excludes halogenated alkanes) is 9. The molecular formula is C20H37ClO4. The molecule has 25 heavy (non-hydrogen) atoms. The highest BCUT2D eigenvalue weighted by molar-refractivity contribution is 6.20. The van der Waals surface area contributed by atoms with E-state index >= 15 is 0 Å². The third kappa shape index (κ3) is 19.4. The first-order valence-corrected chi connectivity index (χ1v) is 10.4. The molecule has 0 aromatic carbocycles. The van der Waals surface area contributed by atoms with E-state index in [2.05, 4.69) is 6.92 Å². The fourth-order valence-electron chi connectivity index (χ4n) is 2.49. The Bertz CT molecular complexity index is 332. The Labute approximate surface area is 159 Å². The molecule has 0 amide bonds. The lowest BCUT2D eigenvalue weighted by Gasteiger charge is -2.06. The lowest BCUT2D eigenvalue weighted by Crippen LogP contribution is -2.11. The predicted octanol–water partition coefficient (Wildman–Crippen LogP) is 5.79. The second kappa shape index (κ2) is 18.0. The lowest BCUT2D eigenvalue weighted by atomic mass is 10.1. The maximum Gasteiger partial charge on any atom is 0.305 e. The number of ether oxygens (including phenoxy) is 2. The monoisotopic (exact) mass is 376 g/mol. The van der Waals surface area contributed by atoms with Crippen molar-refractivity contribution in [3.8, 4) is 0 Å². The average molecular weight is 377 g/mol. The van der Waals surface area contributed by atoms with Crippen molar-refractivity contribution in [2.45, 2.75) is 103 Å². The maximum absolute atomic E-state index is 11.6. The third-order valence-corrected chi connectivity index (χ3v) is 4.12. The Morgan fingerprint density at radius 3 is 1.76 bits per heavy atom. The van der Waals surface area contributed by atoms with Crippen LogP contribution in [0.4, 0.5) is 0 Å². The van der Waals surface area contributed by atoms with E-state index < -0.39 is 0 Å². The Balaban J connectivity index is 3.29. The van der Waals surface area contributed by atoms with E-state index in [1.165, 1.54) is 44.9 Å². The number of esters is 2. The molecule has 0 aliphatic rings. The molecule has 0 N–H and O–H groups in total. The zero-order chi connectivity index (χ0) is 18.8. The van der Waals surface area contributed by atoms with Crippen molar-refractivity contribution in [2.24, 2.45) is 0 Å². The van der Waals surface area contributed by atoms with Crippen LogP contribution in [0.15, 0.2) is 0 Å². The van der Waals surface area contributed by atoms with E-state index in [9.17, 15) is 9.59 Å². The van der Waals surface area contributed by atoms with Crippen LogP contribution in [-0.2, 0) is 19.1 Å². The van der Waals surface area contributed by atoms with Gasteiger partial charge in [-0.2, -0.15) is 0 Å². The fourth-order valence-corrected chi connectivity index (χ4v) is 2.55. The van der Waals surface area contributed by atoms with Crippen LogP contribution in [0, 0.1) is 0 Å². The highest BCUT2D eigenvalue weighted by Crippen LogP contribution is 2.10. The second-order valence-corrected chi connectivity index (χ2v) is 7.46. The summed E-state index contributed by atoms with van der Waals surface area (Å²) in [6, 6.07) is 0. The smallest absolute Gasteiger partial charge is 0.305 e. The summed E-state index contributed by atoms with van der Waals surface area (Å²) in [6.07, 6.45) is 13.3. The molecule has 0 heterocycles. The van der Waals surface area contributed by atoms with Crippen molar-refractivity contribution in [3.05, 3.63) is 0 Å². The van der Waals surface area contributed by atoms with Gasteiger partial charge in [0.15, 0.2) is 0 Å². The lowest BCUT2D eigenvalue weighted by molar-refractivity contribution is -0.146. The summed E-state index contributed by atoms with van der Waals surface area (Å²) < 4.78 is 10.2. The van der Waals surface area contributed by atoms with E-state index in [4.69, 9.17) is 21.1 Å². The number of alkyl halides is 1. The Hall–Kier alpha value is -0.770. The molecule has 148 valence electrons. The molecule has 0 rings (SSSR count). The van der Waals surface area contributed by atoms with Crippen LogP contribution < -0.4 is 0 Å². The van der Waals surface area contributed by atoms with Gasteiger partial charge in [0.2, 0.25) is 0 Å². The first kappa shape index (κ1) is 24.2. The van der Waals surface area contributed by atoms with Crippen LogP contribution in [-0.4, -0.2) is 30.5 Å². The first-order chi connectivity index (χ1) is 12.1. The van der Waals surface area contributed by atoms with Gasteiger partial charge in [0.1, 0.15) is 6.61 Å². The minimum atomic E-state index is -0.254. The summed E-state index contributed by atoms with van der Waals surface area (Å²) in [5.41, 5.74) is 0. The van der Waals surface area contributed by atoms with Gasteiger partial charge in [-0.05, 0) is 26.2 Å². The molecule has 0 aliphatic heterocycles. The first-order valence-electron chi connectivity index (χ1n) is 10.0. The number of hydrogen-bond donors (Lipinski definition) is 0. The number of rotatable bonds is 17. The summed E-state index contributed by atoms with van der Waals surface area (Å²) in [5, 5.41) is -0.167. The summed E-state index contributed by atoms with van der Waals surface area (Å²) >= 11 is 5.70. The molecule has 0 aromatic rings. The molecule has 0 aliphatic carbocycles. The van der Waals surface area contributed by atoms with Crippen molar-refractivity contribution < 1.29 is 19.1 Å². The van der Waals surface area contributed by atoms with E-state index in [1.807, 2.05) is 0 Å². The van der Waals surface area contributed by atoms with Gasteiger partial charge in [-0.25, -0.2) is 0 Å². The van der Waals surface area contributed by atoms with E-state index in [0.717, 1.165) is 12.8 Å². The normalized spacial score (nSPS) is 12.0. The van der Waals surface area contributed by atoms with Crippen molar-refractivity contribution >= 4 is 23.5 Å². The summed E-state index contributed by atoms with van der Waals surface area (Å²) in [7, 11) is 0. The molecular weight excluding hydrogens is 340 g/mol. The van der Waals surface area contributed by atoms with Gasteiger partial charge in [0.25, 0.3) is 0 Å². The fraction of sp³-hybridized carbons (Fsp3) is 0.900. The second-order valence-electron chi connectivity index (χ2n) is 6.72. The molecule has 0 bridgehead atoms. The van der Waals surface area contributed by atoms with Crippen LogP contribution in [0.1, 0.15) is 97.3 Å². The Kier molecular flexibility index (Phi) is 17.5. The zero-order valence-electron chi connectivity index (χ0n) is 16.2. The summed E-state index contributed by atoms with van der Waals surface area (Å²) in [5.74, 6) is -0.419. The number of carbonyl (C=O) groups is 2. The van der Waals surface area contributed by atoms with Crippen LogP contribution in [0.2, 0.25) is 0 Å². The molecule has 1 atom stereocenters. The van der Waals surface area contributed by atoms with Gasteiger partial charge in [-0.3, -0.25) is 9.59 Å². The average Bonchev–Trinajstić information content (AvgIpc) is 2.58. The topological polar surface area (TPSA) is 52.6 Å². The van der Waals surface area contributed by atoms with Crippen molar-refractivity contribution in [1.82, 2.24) is 0 Å². The van der Waals surface area contributed by atoms with Crippen LogP contribution >= 0.6 is 11.6 Å². The van der Waals surface area contributed by atoms with Gasteiger partial charge in [-0.1, -0.05) is 58.3 Å². The quantitative estimate of drug-likeness (QED) is 0.183. The van der Waals surface area contributed by atoms with Crippen LogP contribution in [0.5, 0.6) is 0 Å². The molecule has 0 aromatic heterocycles. The largest absolute Gasteiger partial charge is 0.466 e. The minimum Gasteiger partial charge on any atom is -0.466 e. The standard InChI is InChI=1S/C20H37ClO4/c1-3-4-5-6-7-8-9-10-13-16-24-19(22)14-11-12-15-20(23)25-17-18(2)21/h18H,3-17H2,1-2H3. The van der Waals surface area contributed by atoms with E-state index in [0.29, 0.717) is 32.3 Å². The van der Waals surface area contributed by atoms with Gasteiger partial charge in [-0.15, -0.1) is 11.6 Å². The molecule has 0 fully saturated rings. The van der Waals surface area contributed by atoms with E-state index in [-0.39, 0.29) is 23.9 Å². The highest BCUT2D eigenvalue weighted by atomic mass is 35.5. The van der Waals surface area contributed by atoms with Gasteiger partial charge in [0, 0.05) is 12.8 Å². The molecule has 0 radical (unpaired) electrons. The molecule has 4 nitrogen and oxygen atoms in total. The van der Waals surface area contributed by atoms with Crippen molar-refractivity contribution in [1.29, 1.82) is 0 Å². The molecule has 0 spiro atoms. The van der Waals surface area contributed by atoms with Gasteiger partial charge in [0.05, 0.1) is 12.0 Å². The molecule has 0 saturated carbocycles. The van der Waals surface area contributed by atoms with Crippen molar-refractivity contribution in [2.75, 3.05) is 13.2 Å². The summed E-state index contributed by atoms with van der Waals surface area (Å²) in [4.78, 5) is 22.9. The van der Waals surface area contributed by atoms with E-state index in [1.54, 1.807) is 6.92 Å². The number of hydrogen-bond acceptors (Lipinski definition) is 4. The number of halogens is 1. The molecule has 5 heteroatoms.